The van der Waals surface area contributed by atoms with E-state index in [9.17, 15) is 9.59 Å². The fourth-order valence-electron chi connectivity index (χ4n) is 4.44. The SMILES string of the molecule is N#Cc1ccc(C(=O)N2CCCC(COc3ccc(C(=O)N4CCCCC4)cc3)C2)cc1. The van der Waals surface area contributed by atoms with Gasteiger partial charge in [0.05, 0.1) is 18.2 Å². The third kappa shape index (κ3) is 5.28. The summed E-state index contributed by atoms with van der Waals surface area (Å²) in [6, 6.07) is 16.3. The number of carbonyl (C=O) groups excluding carboxylic acids is 2. The lowest BCUT2D eigenvalue weighted by Crippen LogP contribution is -2.41. The van der Waals surface area contributed by atoms with Gasteiger partial charge in [-0.25, -0.2) is 0 Å². The summed E-state index contributed by atoms with van der Waals surface area (Å²) in [5.74, 6) is 1.11. The molecule has 2 heterocycles. The highest BCUT2D eigenvalue weighted by atomic mass is 16.5. The Bertz CT molecular complexity index is 973. The Hall–Kier alpha value is -3.33. The molecule has 0 saturated carbocycles. The minimum Gasteiger partial charge on any atom is -0.493 e. The molecule has 6 heteroatoms. The fourth-order valence-corrected chi connectivity index (χ4v) is 4.44. The zero-order chi connectivity index (χ0) is 22.3. The van der Waals surface area contributed by atoms with Gasteiger partial charge in [0.1, 0.15) is 5.75 Å². The molecular weight excluding hydrogens is 402 g/mol. The van der Waals surface area contributed by atoms with Gasteiger partial charge in [-0.15, -0.1) is 0 Å². The summed E-state index contributed by atoms with van der Waals surface area (Å²) in [4.78, 5) is 29.2. The molecule has 2 aliphatic rings. The molecular formula is C26H29N3O3. The number of nitrogens with zero attached hydrogens (tertiary/aromatic N) is 3. The fraction of sp³-hybridized carbons (Fsp3) is 0.423. The van der Waals surface area contributed by atoms with E-state index in [-0.39, 0.29) is 17.7 Å². The summed E-state index contributed by atoms with van der Waals surface area (Å²) in [5, 5.41) is 8.93. The molecule has 2 aliphatic heterocycles. The average Bonchev–Trinajstić information content (AvgIpc) is 2.87. The first-order valence-electron chi connectivity index (χ1n) is 11.5. The van der Waals surface area contributed by atoms with E-state index in [0.717, 1.165) is 51.1 Å². The van der Waals surface area contributed by atoms with Gasteiger partial charge >= 0.3 is 0 Å². The van der Waals surface area contributed by atoms with Crippen LogP contribution in [0.2, 0.25) is 0 Å². The Kier molecular flexibility index (Phi) is 7.06. The van der Waals surface area contributed by atoms with Crippen molar-refractivity contribution >= 4 is 11.8 Å². The third-order valence-corrected chi connectivity index (χ3v) is 6.30. The maximum Gasteiger partial charge on any atom is 0.253 e. The lowest BCUT2D eigenvalue weighted by atomic mass is 9.98. The normalized spacial score (nSPS) is 18.7. The molecule has 6 nitrogen and oxygen atoms in total. The smallest absolute Gasteiger partial charge is 0.253 e. The molecule has 2 saturated heterocycles. The monoisotopic (exact) mass is 431 g/mol. The van der Waals surface area contributed by atoms with Crippen LogP contribution in [0.5, 0.6) is 5.75 Å². The van der Waals surface area contributed by atoms with Crippen LogP contribution in [-0.4, -0.2) is 54.4 Å². The van der Waals surface area contributed by atoms with Crippen LogP contribution in [0.3, 0.4) is 0 Å². The van der Waals surface area contributed by atoms with E-state index in [2.05, 4.69) is 6.07 Å². The largest absolute Gasteiger partial charge is 0.493 e. The van der Waals surface area contributed by atoms with Gasteiger partial charge in [0, 0.05) is 43.2 Å². The van der Waals surface area contributed by atoms with E-state index >= 15 is 0 Å². The van der Waals surface area contributed by atoms with Crippen LogP contribution in [0.1, 0.15) is 58.4 Å². The second-order valence-electron chi connectivity index (χ2n) is 8.64. The van der Waals surface area contributed by atoms with Crippen molar-refractivity contribution < 1.29 is 14.3 Å². The first-order valence-corrected chi connectivity index (χ1v) is 11.5. The summed E-state index contributed by atoms with van der Waals surface area (Å²) in [6.07, 6.45) is 5.33. The maximum atomic E-state index is 12.8. The molecule has 2 fully saturated rings. The Morgan fingerprint density at radius 3 is 2.09 bits per heavy atom. The molecule has 0 aromatic heterocycles. The number of amides is 2. The summed E-state index contributed by atoms with van der Waals surface area (Å²) >= 11 is 0. The van der Waals surface area contributed by atoms with Gasteiger partial charge < -0.3 is 14.5 Å². The van der Waals surface area contributed by atoms with Gasteiger partial charge in [-0.05, 0) is 80.6 Å². The van der Waals surface area contributed by atoms with Crippen molar-refractivity contribution in [1.29, 1.82) is 5.26 Å². The standard InChI is InChI=1S/C26H29N3O3/c27-17-20-6-8-22(9-7-20)26(31)29-16-4-5-21(18-29)19-32-24-12-10-23(11-13-24)25(30)28-14-2-1-3-15-28/h6-13,21H,1-5,14-16,18-19H2. The van der Waals surface area contributed by atoms with Crippen molar-refractivity contribution in [3.63, 3.8) is 0 Å². The summed E-state index contributed by atoms with van der Waals surface area (Å²) in [6.45, 7) is 3.62. The predicted molar refractivity (Wildman–Crippen MR) is 121 cm³/mol. The molecule has 0 bridgehead atoms. The van der Waals surface area contributed by atoms with E-state index in [4.69, 9.17) is 10.00 Å². The number of hydrogen-bond donors (Lipinski definition) is 0. The van der Waals surface area contributed by atoms with Crippen molar-refractivity contribution in [2.45, 2.75) is 32.1 Å². The average molecular weight is 432 g/mol. The van der Waals surface area contributed by atoms with Crippen LogP contribution in [0.25, 0.3) is 0 Å². The second kappa shape index (κ2) is 10.3. The molecule has 2 aromatic carbocycles. The number of benzene rings is 2. The Morgan fingerprint density at radius 1 is 0.844 bits per heavy atom. The molecule has 166 valence electrons. The minimum atomic E-state index is -0.000215. The number of carbonyl (C=O) groups is 2. The second-order valence-corrected chi connectivity index (χ2v) is 8.64. The molecule has 4 rings (SSSR count). The van der Waals surface area contributed by atoms with Crippen LogP contribution < -0.4 is 4.74 Å². The Labute approximate surface area is 189 Å². The number of rotatable bonds is 5. The van der Waals surface area contributed by atoms with Gasteiger partial charge in [0.25, 0.3) is 11.8 Å². The molecule has 0 radical (unpaired) electrons. The zero-order valence-electron chi connectivity index (χ0n) is 18.3. The Balaban J connectivity index is 1.29. The number of nitriles is 1. The highest BCUT2D eigenvalue weighted by Gasteiger charge is 2.25. The van der Waals surface area contributed by atoms with Crippen LogP contribution >= 0.6 is 0 Å². The molecule has 2 aromatic rings. The first kappa shape index (κ1) is 21.9. The quantitative estimate of drug-likeness (QED) is 0.714. The van der Waals surface area contributed by atoms with Crippen molar-refractivity contribution in [1.82, 2.24) is 9.80 Å². The van der Waals surface area contributed by atoms with Crippen molar-refractivity contribution in [3.8, 4) is 11.8 Å². The van der Waals surface area contributed by atoms with Gasteiger partial charge in [-0.1, -0.05) is 0 Å². The molecule has 1 unspecified atom stereocenters. The van der Waals surface area contributed by atoms with E-state index in [1.165, 1.54) is 6.42 Å². The van der Waals surface area contributed by atoms with E-state index in [1.807, 2.05) is 34.1 Å². The van der Waals surface area contributed by atoms with E-state index in [0.29, 0.717) is 29.8 Å². The molecule has 2 amide bonds. The Morgan fingerprint density at radius 2 is 1.44 bits per heavy atom. The van der Waals surface area contributed by atoms with Gasteiger partial charge in [-0.2, -0.15) is 5.26 Å². The van der Waals surface area contributed by atoms with Crippen LogP contribution in [0, 0.1) is 17.2 Å². The van der Waals surface area contributed by atoms with Crippen molar-refractivity contribution in [3.05, 3.63) is 65.2 Å². The summed E-state index contributed by atoms with van der Waals surface area (Å²) in [5.41, 5.74) is 1.87. The number of ether oxygens (including phenoxy) is 1. The number of likely N-dealkylation sites (tertiary alicyclic amines) is 2. The molecule has 0 N–H and O–H groups in total. The number of hydrogen-bond acceptors (Lipinski definition) is 4. The zero-order valence-corrected chi connectivity index (χ0v) is 18.3. The van der Waals surface area contributed by atoms with E-state index in [1.54, 1.807) is 24.3 Å². The topological polar surface area (TPSA) is 73.6 Å². The highest BCUT2D eigenvalue weighted by Crippen LogP contribution is 2.22. The van der Waals surface area contributed by atoms with Crippen LogP contribution in [-0.2, 0) is 0 Å². The van der Waals surface area contributed by atoms with Crippen molar-refractivity contribution in [2.24, 2.45) is 5.92 Å². The third-order valence-electron chi connectivity index (χ3n) is 6.30. The lowest BCUT2D eigenvalue weighted by Gasteiger charge is -2.32. The summed E-state index contributed by atoms with van der Waals surface area (Å²) in [7, 11) is 0. The van der Waals surface area contributed by atoms with E-state index < -0.39 is 0 Å². The van der Waals surface area contributed by atoms with Crippen LogP contribution in [0.4, 0.5) is 0 Å². The molecule has 32 heavy (non-hydrogen) atoms. The van der Waals surface area contributed by atoms with Crippen molar-refractivity contribution in [2.75, 3.05) is 32.8 Å². The highest BCUT2D eigenvalue weighted by molar-refractivity contribution is 5.95. The van der Waals surface area contributed by atoms with Gasteiger partial charge in [0.2, 0.25) is 0 Å². The molecule has 1 atom stereocenters. The van der Waals surface area contributed by atoms with Gasteiger partial charge in [-0.3, -0.25) is 9.59 Å². The minimum absolute atomic E-state index is 0.000215. The number of piperidine rings is 2. The molecule has 0 aliphatic carbocycles. The lowest BCUT2D eigenvalue weighted by molar-refractivity contribution is 0.0633. The maximum absolute atomic E-state index is 12.8. The molecule has 0 spiro atoms. The van der Waals surface area contributed by atoms with Gasteiger partial charge in [0.15, 0.2) is 0 Å². The predicted octanol–water partition coefficient (Wildman–Crippen LogP) is 4.12. The first-order chi connectivity index (χ1) is 15.6. The van der Waals surface area contributed by atoms with Crippen LogP contribution in [0.15, 0.2) is 48.5 Å². The summed E-state index contributed by atoms with van der Waals surface area (Å²) < 4.78 is 5.99.